The minimum atomic E-state index is -3.82. The van der Waals surface area contributed by atoms with Gasteiger partial charge in [-0.25, -0.2) is 12.8 Å². The van der Waals surface area contributed by atoms with E-state index in [9.17, 15) is 17.6 Å². The number of aliphatic carboxylic acids is 1. The Balaban J connectivity index is 1.88. The number of carbonyl (C=O) groups is 1. The monoisotopic (exact) mass is 451 g/mol. The summed E-state index contributed by atoms with van der Waals surface area (Å²) in [6.07, 6.45) is 5.76. The number of nitrogens with zero attached hydrogens (tertiary/aromatic N) is 1. The molecule has 30 heavy (non-hydrogen) atoms. The molecular formula is C22H23ClFNO4S. The summed E-state index contributed by atoms with van der Waals surface area (Å²) in [4.78, 5) is 10.7. The smallest absolute Gasteiger partial charge is 0.303 e. The molecule has 1 aliphatic heterocycles. The summed E-state index contributed by atoms with van der Waals surface area (Å²) >= 11 is 6.01. The van der Waals surface area contributed by atoms with Gasteiger partial charge in [0.25, 0.3) is 0 Å². The number of rotatable bonds is 8. The normalized spacial score (nSPS) is 20.1. The molecule has 2 atom stereocenters. The van der Waals surface area contributed by atoms with Crippen molar-refractivity contribution < 1.29 is 22.7 Å². The molecule has 8 heteroatoms. The minimum Gasteiger partial charge on any atom is -0.481 e. The summed E-state index contributed by atoms with van der Waals surface area (Å²) in [6.45, 7) is 0.330. The Morgan fingerprint density at radius 1 is 1.17 bits per heavy atom. The number of allylic oxidation sites excluding steroid dienone is 1. The summed E-state index contributed by atoms with van der Waals surface area (Å²) < 4.78 is 41.3. The van der Waals surface area contributed by atoms with Gasteiger partial charge in [-0.05, 0) is 67.1 Å². The third kappa shape index (κ3) is 5.28. The van der Waals surface area contributed by atoms with Gasteiger partial charge in [0, 0.05) is 18.0 Å². The minimum absolute atomic E-state index is 0.0500. The zero-order chi connectivity index (χ0) is 21.7. The topological polar surface area (TPSA) is 74.7 Å². The quantitative estimate of drug-likeness (QED) is 0.450. The van der Waals surface area contributed by atoms with Crippen molar-refractivity contribution in [2.75, 3.05) is 6.54 Å². The standard InChI is InChI=1S/C22H23ClFNO4S/c23-18-8-6-17(7-9-18)22-16(4-2-1-3-5-21(26)27)14-15-25(22)30(28,29)20-12-10-19(24)11-13-20/h2,4,6-13,16,22H,1,3,5,14-15H2,(H,26,27)/b4-2-. The maximum Gasteiger partial charge on any atom is 0.303 e. The second-order valence-electron chi connectivity index (χ2n) is 7.23. The molecule has 1 aliphatic rings. The third-order valence-electron chi connectivity index (χ3n) is 5.18. The van der Waals surface area contributed by atoms with Crippen LogP contribution in [0.15, 0.2) is 65.6 Å². The van der Waals surface area contributed by atoms with Crippen LogP contribution in [0.1, 0.15) is 37.3 Å². The molecule has 0 aromatic heterocycles. The number of carboxylic acids is 1. The summed E-state index contributed by atoms with van der Waals surface area (Å²) in [6, 6.07) is 11.5. The van der Waals surface area contributed by atoms with Crippen LogP contribution in [-0.2, 0) is 14.8 Å². The van der Waals surface area contributed by atoms with Crippen molar-refractivity contribution in [1.82, 2.24) is 4.31 Å². The fourth-order valence-electron chi connectivity index (χ4n) is 3.72. The first kappa shape index (κ1) is 22.5. The molecule has 0 aliphatic carbocycles. The van der Waals surface area contributed by atoms with Gasteiger partial charge in [-0.1, -0.05) is 35.9 Å². The van der Waals surface area contributed by atoms with Gasteiger partial charge in [-0.3, -0.25) is 4.79 Å². The Labute approximate surface area is 180 Å². The van der Waals surface area contributed by atoms with Gasteiger partial charge in [-0.15, -0.1) is 0 Å². The van der Waals surface area contributed by atoms with E-state index in [0.717, 1.165) is 17.7 Å². The van der Waals surface area contributed by atoms with Crippen LogP contribution in [0.25, 0.3) is 0 Å². The molecule has 1 fully saturated rings. The van der Waals surface area contributed by atoms with E-state index in [1.807, 2.05) is 24.3 Å². The molecule has 0 spiro atoms. The lowest BCUT2D eigenvalue weighted by atomic mass is 9.93. The first-order valence-corrected chi connectivity index (χ1v) is 11.5. The maximum atomic E-state index is 13.3. The second kappa shape index (κ2) is 9.73. The van der Waals surface area contributed by atoms with Crippen molar-refractivity contribution in [3.8, 4) is 0 Å². The lowest BCUT2D eigenvalue weighted by Crippen LogP contribution is -2.32. The SMILES string of the molecule is O=C(O)CCC/C=C\C1CCN(S(=O)(=O)c2ccc(F)cc2)C1c1ccc(Cl)cc1. The summed E-state index contributed by atoms with van der Waals surface area (Å²) in [5.74, 6) is -1.39. The van der Waals surface area contributed by atoms with Gasteiger partial charge in [0.15, 0.2) is 0 Å². The van der Waals surface area contributed by atoms with Crippen molar-refractivity contribution in [2.45, 2.75) is 36.6 Å². The highest BCUT2D eigenvalue weighted by Gasteiger charge is 2.41. The van der Waals surface area contributed by atoms with Crippen LogP contribution in [0.2, 0.25) is 5.02 Å². The lowest BCUT2D eigenvalue weighted by Gasteiger charge is -2.27. The van der Waals surface area contributed by atoms with E-state index in [1.165, 1.54) is 16.4 Å². The van der Waals surface area contributed by atoms with E-state index < -0.39 is 27.9 Å². The van der Waals surface area contributed by atoms with Crippen LogP contribution in [0.5, 0.6) is 0 Å². The van der Waals surface area contributed by atoms with Gasteiger partial charge in [-0.2, -0.15) is 4.31 Å². The maximum absolute atomic E-state index is 13.3. The zero-order valence-corrected chi connectivity index (χ0v) is 17.8. The van der Waals surface area contributed by atoms with E-state index in [1.54, 1.807) is 12.1 Å². The number of halogens is 2. The lowest BCUT2D eigenvalue weighted by molar-refractivity contribution is -0.137. The first-order valence-electron chi connectivity index (χ1n) is 9.70. The van der Waals surface area contributed by atoms with Crippen molar-refractivity contribution in [1.29, 1.82) is 0 Å². The number of sulfonamides is 1. The Morgan fingerprint density at radius 3 is 2.47 bits per heavy atom. The van der Waals surface area contributed by atoms with Crippen molar-refractivity contribution in [2.24, 2.45) is 5.92 Å². The van der Waals surface area contributed by atoms with Crippen LogP contribution in [0, 0.1) is 11.7 Å². The summed E-state index contributed by atoms with van der Waals surface area (Å²) in [5, 5.41) is 9.32. The predicted molar refractivity (Wildman–Crippen MR) is 113 cm³/mol. The predicted octanol–water partition coefficient (Wildman–Crippen LogP) is 5.04. The summed E-state index contributed by atoms with van der Waals surface area (Å²) in [5.41, 5.74) is 0.822. The molecule has 0 bridgehead atoms. The average molecular weight is 452 g/mol. The van der Waals surface area contributed by atoms with Gasteiger partial charge < -0.3 is 5.11 Å². The molecule has 3 rings (SSSR count). The number of unbranched alkanes of at least 4 members (excludes halogenated alkanes) is 1. The molecule has 0 amide bonds. The fourth-order valence-corrected chi connectivity index (χ4v) is 5.52. The molecule has 2 unspecified atom stereocenters. The van der Waals surface area contributed by atoms with Gasteiger partial charge >= 0.3 is 5.97 Å². The molecule has 5 nitrogen and oxygen atoms in total. The molecule has 2 aromatic rings. The van der Waals surface area contributed by atoms with E-state index in [2.05, 4.69) is 0 Å². The highest BCUT2D eigenvalue weighted by Crippen LogP contribution is 2.42. The van der Waals surface area contributed by atoms with E-state index in [-0.39, 0.29) is 17.2 Å². The molecular weight excluding hydrogens is 429 g/mol. The Kier molecular flexibility index (Phi) is 7.28. The van der Waals surface area contributed by atoms with Crippen LogP contribution >= 0.6 is 11.6 Å². The molecule has 160 valence electrons. The molecule has 0 radical (unpaired) electrons. The molecule has 2 aromatic carbocycles. The number of benzene rings is 2. The van der Waals surface area contributed by atoms with Crippen LogP contribution in [-0.4, -0.2) is 30.3 Å². The van der Waals surface area contributed by atoms with E-state index in [4.69, 9.17) is 16.7 Å². The van der Waals surface area contributed by atoms with E-state index >= 15 is 0 Å². The third-order valence-corrected chi connectivity index (χ3v) is 7.32. The molecule has 1 N–H and O–H groups in total. The highest BCUT2D eigenvalue weighted by molar-refractivity contribution is 7.89. The Morgan fingerprint density at radius 2 is 1.83 bits per heavy atom. The Hall–Kier alpha value is -2.22. The van der Waals surface area contributed by atoms with E-state index in [0.29, 0.717) is 30.8 Å². The van der Waals surface area contributed by atoms with Crippen molar-refractivity contribution >= 4 is 27.6 Å². The van der Waals surface area contributed by atoms with Crippen LogP contribution in [0.4, 0.5) is 4.39 Å². The second-order valence-corrected chi connectivity index (χ2v) is 9.56. The van der Waals surface area contributed by atoms with Crippen molar-refractivity contribution in [3.05, 3.63) is 77.1 Å². The Bertz CT molecular complexity index is 1010. The number of hydrogen-bond acceptors (Lipinski definition) is 3. The summed E-state index contributed by atoms with van der Waals surface area (Å²) in [7, 11) is -3.82. The number of carboxylic acid groups (broad SMARTS) is 1. The molecule has 1 heterocycles. The van der Waals surface area contributed by atoms with Gasteiger partial charge in [0.2, 0.25) is 10.0 Å². The zero-order valence-electron chi connectivity index (χ0n) is 16.2. The first-order chi connectivity index (χ1) is 14.3. The number of hydrogen-bond donors (Lipinski definition) is 1. The fraction of sp³-hybridized carbons (Fsp3) is 0.318. The molecule has 0 saturated carbocycles. The highest BCUT2D eigenvalue weighted by atomic mass is 35.5. The van der Waals surface area contributed by atoms with Crippen LogP contribution < -0.4 is 0 Å². The van der Waals surface area contributed by atoms with Crippen LogP contribution in [0.3, 0.4) is 0 Å². The van der Waals surface area contributed by atoms with Gasteiger partial charge in [0.1, 0.15) is 5.82 Å². The van der Waals surface area contributed by atoms with Gasteiger partial charge in [0.05, 0.1) is 10.9 Å². The molecule has 1 saturated heterocycles. The van der Waals surface area contributed by atoms with Crippen molar-refractivity contribution in [3.63, 3.8) is 0 Å². The average Bonchev–Trinajstić information content (AvgIpc) is 3.13. The largest absolute Gasteiger partial charge is 0.481 e.